The van der Waals surface area contributed by atoms with E-state index in [2.05, 4.69) is 15.0 Å². The van der Waals surface area contributed by atoms with Gasteiger partial charge in [-0.2, -0.15) is 13.2 Å². The number of aromatic nitrogens is 6. The van der Waals surface area contributed by atoms with Crippen LogP contribution in [0.2, 0.25) is 10.0 Å². The second-order valence-electron chi connectivity index (χ2n) is 14.7. The van der Waals surface area contributed by atoms with Crippen LogP contribution in [0, 0.1) is 0 Å². The summed E-state index contributed by atoms with van der Waals surface area (Å²) in [6.07, 6.45) is 6.91. The molecule has 0 aliphatic heterocycles. The first-order chi connectivity index (χ1) is 31.5. The van der Waals surface area contributed by atoms with Gasteiger partial charge in [0, 0.05) is 66.9 Å². The maximum atomic E-state index is 12.7. The van der Waals surface area contributed by atoms with Crippen LogP contribution in [0.1, 0.15) is 68.7 Å². The molecular formula is C44H47Cl2F3N6O9S3. The predicted octanol–water partition coefficient (Wildman–Crippen LogP) is 7.60. The molecule has 0 N–H and O–H groups in total. The van der Waals surface area contributed by atoms with E-state index in [9.17, 15) is 52.8 Å². The van der Waals surface area contributed by atoms with Crippen LogP contribution in [0.3, 0.4) is 0 Å². The molecule has 0 atom stereocenters. The summed E-state index contributed by atoms with van der Waals surface area (Å²) in [5, 5.41) is -0.417. The van der Waals surface area contributed by atoms with Crippen LogP contribution in [0.25, 0.3) is 0 Å². The van der Waals surface area contributed by atoms with Crippen LogP contribution in [0.5, 0.6) is 0 Å². The molecule has 67 heavy (non-hydrogen) atoms. The lowest BCUT2D eigenvalue weighted by atomic mass is 10.1. The Morgan fingerprint density at radius 2 is 0.881 bits per heavy atom. The predicted molar refractivity (Wildman–Crippen MR) is 248 cm³/mol. The van der Waals surface area contributed by atoms with Gasteiger partial charge in [0.1, 0.15) is 0 Å². The quantitative estimate of drug-likeness (QED) is 0.0919. The van der Waals surface area contributed by atoms with Crippen molar-refractivity contribution < 1.29 is 38.4 Å². The van der Waals surface area contributed by atoms with Crippen molar-refractivity contribution in [2.75, 3.05) is 0 Å². The SMILES string of the molecule is CCCCn1ccnc(S(=O)(=O)Cc2ccc(Cl)cc2)c1=O.CCCCn1ccnc(S(=O)(=O)Cc2cccc(C(F)(F)F)c2)c1=O.CCn1ccnc(S(=O)(=O)Cc2ccc(Cl)cc2)c1=O. The lowest BCUT2D eigenvalue weighted by molar-refractivity contribution is -0.137. The Balaban J connectivity index is 0.000000221. The number of unbranched alkanes of at least 4 members (excludes halogenated alkanes) is 2. The van der Waals surface area contributed by atoms with Gasteiger partial charge >= 0.3 is 6.18 Å². The molecule has 23 heteroatoms. The van der Waals surface area contributed by atoms with Crippen molar-refractivity contribution in [2.24, 2.45) is 0 Å². The van der Waals surface area contributed by atoms with Crippen LogP contribution in [-0.2, 0) is 72.6 Å². The third kappa shape index (κ3) is 15.5. The highest BCUT2D eigenvalue weighted by molar-refractivity contribution is 7.91. The molecule has 0 unspecified atom stereocenters. The zero-order valence-corrected chi connectivity index (χ0v) is 40.4. The molecule has 0 aliphatic carbocycles. The second-order valence-corrected chi connectivity index (χ2v) is 21.3. The maximum Gasteiger partial charge on any atom is 0.416 e. The average molecular weight is 1030 g/mol. The van der Waals surface area contributed by atoms with Gasteiger partial charge < -0.3 is 13.7 Å². The summed E-state index contributed by atoms with van der Waals surface area (Å²) in [5.41, 5.74) is -1.80. The van der Waals surface area contributed by atoms with Gasteiger partial charge in [-0.1, -0.05) is 92.4 Å². The molecule has 0 amide bonds. The fraction of sp³-hybridized carbons (Fsp3) is 0.318. The number of sulfone groups is 3. The summed E-state index contributed by atoms with van der Waals surface area (Å²) < 4.78 is 116. The van der Waals surface area contributed by atoms with Crippen LogP contribution in [0.4, 0.5) is 13.2 Å². The zero-order chi connectivity index (χ0) is 49.6. The molecule has 360 valence electrons. The van der Waals surface area contributed by atoms with Gasteiger partial charge in [0.25, 0.3) is 16.7 Å². The number of rotatable bonds is 16. The van der Waals surface area contributed by atoms with Crippen molar-refractivity contribution in [1.82, 2.24) is 28.7 Å². The van der Waals surface area contributed by atoms with Crippen molar-refractivity contribution in [2.45, 2.75) is 105 Å². The van der Waals surface area contributed by atoms with E-state index in [1.54, 1.807) is 55.5 Å². The molecule has 0 bridgehead atoms. The summed E-state index contributed by atoms with van der Waals surface area (Å²) in [5.74, 6) is -1.28. The monoisotopic (exact) mass is 1030 g/mol. The minimum absolute atomic E-state index is 0.0556. The highest BCUT2D eigenvalue weighted by Gasteiger charge is 2.31. The lowest BCUT2D eigenvalue weighted by Gasteiger charge is -2.10. The molecule has 0 radical (unpaired) electrons. The third-order valence-corrected chi connectivity index (χ3v) is 14.8. The molecule has 0 saturated heterocycles. The van der Waals surface area contributed by atoms with Crippen molar-refractivity contribution in [3.8, 4) is 0 Å². The Kier molecular flexibility index (Phi) is 19.4. The lowest BCUT2D eigenvalue weighted by Crippen LogP contribution is -2.27. The van der Waals surface area contributed by atoms with Crippen LogP contribution in [0.15, 0.2) is 139 Å². The minimum Gasteiger partial charge on any atom is -0.312 e. The van der Waals surface area contributed by atoms with Crippen molar-refractivity contribution in [3.63, 3.8) is 0 Å². The van der Waals surface area contributed by atoms with Crippen LogP contribution < -0.4 is 16.7 Å². The summed E-state index contributed by atoms with van der Waals surface area (Å²) in [7, 11) is -11.7. The smallest absolute Gasteiger partial charge is 0.312 e. The molecule has 0 spiro atoms. The first-order valence-electron chi connectivity index (χ1n) is 20.5. The van der Waals surface area contributed by atoms with Crippen molar-refractivity contribution in [1.29, 1.82) is 0 Å². The molecule has 3 aromatic carbocycles. The Morgan fingerprint density at radius 1 is 0.522 bits per heavy atom. The highest BCUT2D eigenvalue weighted by Crippen LogP contribution is 2.30. The number of nitrogens with zero attached hydrogens (tertiary/aromatic N) is 6. The normalized spacial score (nSPS) is 11.8. The summed E-state index contributed by atoms with van der Waals surface area (Å²) in [4.78, 5) is 47.7. The standard InChI is InChI=1S/C16H17F3N2O3S.C15H17ClN2O3S.C13H13ClN2O3S/c1-2-3-8-21-9-7-20-14(15(21)22)25(23,24)11-12-5-4-6-13(10-12)16(17,18)19;1-2-3-9-18-10-8-17-14(15(18)19)22(20,21)11-12-4-6-13(16)7-5-12;1-2-16-8-7-15-12(13(16)17)20(18,19)9-10-3-5-11(14)6-4-10/h4-7,9-10H,2-3,8,11H2,1H3;4-8,10H,2-3,9,11H2,1H3;3-8H,2,9H2,1H3. The van der Waals surface area contributed by atoms with Gasteiger partial charge in [-0.05, 0) is 66.8 Å². The number of alkyl halides is 3. The van der Waals surface area contributed by atoms with E-state index in [-0.39, 0.29) is 17.1 Å². The van der Waals surface area contributed by atoms with Gasteiger partial charge in [-0.3, -0.25) is 14.4 Å². The Labute approximate surface area is 395 Å². The third-order valence-electron chi connectivity index (χ3n) is 9.53. The average Bonchev–Trinajstić information content (AvgIpc) is 3.27. The Morgan fingerprint density at radius 3 is 1.24 bits per heavy atom. The number of halogens is 5. The number of benzene rings is 3. The molecular weight excluding hydrogens is 981 g/mol. The van der Waals surface area contributed by atoms with Gasteiger partial charge in [0.15, 0.2) is 0 Å². The van der Waals surface area contributed by atoms with Gasteiger partial charge in [-0.15, -0.1) is 0 Å². The number of aryl methyl sites for hydroxylation is 3. The summed E-state index contributed by atoms with van der Waals surface area (Å²) >= 11 is 11.5. The molecule has 3 heterocycles. The molecule has 0 saturated carbocycles. The van der Waals surface area contributed by atoms with Gasteiger partial charge in [0.05, 0.1) is 22.8 Å². The summed E-state index contributed by atoms with van der Waals surface area (Å²) in [6, 6.07) is 16.9. The molecule has 6 aromatic rings. The summed E-state index contributed by atoms with van der Waals surface area (Å²) in [6.45, 7) is 6.93. The molecule has 0 aliphatic rings. The Bertz CT molecular complexity index is 3150. The molecule has 3 aromatic heterocycles. The van der Waals surface area contributed by atoms with E-state index >= 15 is 0 Å². The van der Waals surface area contributed by atoms with Crippen molar-refractivity contribution in [3.05, 3.63) is 173 Å². The second kappa shape index (κ2) is 24.0. The zero-order valence-electron chi connectivity index (χ0n) is 36.4. The molecule has 15 nitrogen and oxygen atoms in total. The highest BCUT2D eigenvalue weighted by atomic mass is 35.5. The maximum absolute atomic E-state index is 12.7. The topological polar surface area (TPSA) is 207 Å². The Hall–Kier alpha value is -5.48. The van der Waals surface area contributed by atoms with Crippen LogP contribution in [-0.4, -0.2) is 53.9 Å². The minimum atomic E-state index is -4.57. The number of hydrogen-bond acceptors (Lipinski definition) is 12. The number of hydrogen-bond donors (Lipinski definition) is 0. The van der Waals surface area contributed by atoms with E-state index < -0.39 is 78.8 Å². The van der Waals surface area contributed by atoms with Gasteiger partial charge in [-0.25, -0.2) is 40.2 Å². The van der Waals surface area contributed by atoms with Gasteiger partial charge in [0.2, 0.25) is 44.6 Å². The van der Waals surface area contributed by atoms with E-state index in [0.29, 0.717) is 47.2 Å². The molecule has 0 fully saturated rings. The first kappa shape index (κ1) is 54.1. The van der Waals surface area contributed by atoms with E-state index in [4.69, 9.17) is 23.2 Å². The fourth-order valence-corrected chi connectivity index (χ4v) is 10.4. The molecule has 6 rings (SSSR count). The largest absolute Gasteiger partial charge is 0.416 e. The van der Waals surface area contributed by atoms with E-state index in [1.165, 1.54) is 56.9 Å². The van der Waals surface area contributed by atoms with Crippen LogP contribution >= 0.6 is 23.2 Å². The van der Waals surface area contributed by atoms with Crippen molar-refractivity contribution >= 4 is 52.7 Å². The van der Waals surface area contributed by atoms with E-state index in [1.807, 2.05) is 13.8 Å². The fourth-order valence-electron chi connectivity index (χ4n) is 6.04. The van der Waals surface area contributed by atoms with E-state index in [0.717, 1.165) is 37.5 Å². The first-order valence-corrected chi connectivity index (χ1v) is 26.2.